The first-order valence-electron chi connectivity index (χ1n) is 7.35. The van der Waals surface area contributed by atoms with Crippen LogP contribution >= 0.6 is 0 Å². The van der Waals surface area contributed by atoms with Crippen molar-refractivity contribution in [1.82, 2.24) is 0 Å². The van der Waals surface area contributed by atoms with Crippen LogP contribution in [0, 0.1) is 24.2 Å². The van der Waals surface area contributed by atoms with Gasteiger partial charge in [0.05, 0.1) is 6.61 Å². The summed E-state index contributed by atoms with van der Waals surface area (Å²) in [4.78, 5) is 0. The molecule has 0 heterocycles. The van der Waals surface area contributed by atoms with Gasteiger partial charge in [0.15, 0.2) is 6.26 Å². The van der Waals surface area contributed by atoms with Gasteiger partial charge in [-0.2, -0.15) is 0 Å². The van der Waals surface area contributed by atoms with Crippen molar-refractivity contribution in [1.29, 1.82) is 0 Å². The Balaban J connectivity index is 2.05. The SMILES string of the molecule is CC(C)CCCC(C)CCO[C]=Cc1cc[c]cc1. The third-order valence-corrected chi connectivity index (χ3v) is 3.24. The molecule has 0 spiro atoms. The number of hydrogen-bond acceptors (Lipinski definition) is 1. The number of rotatable bonds is 9. The average Bonchev–Trinajstić information content (AvgIpc) is 2.39. The van der Waals surface area contributed by atoms with E-state index < -0.39 is 0 Å². The Morgan fingerprint density at radius 2 is 1.89 bits per heavy atom. The van der Waals surface area contributed by atoms with Gasteiger partial charge in [-0.3, -0.25) is 0 Å². The minimum Gasteiger partial charge on any atom is -0.490 e. The molecule has 0 aliphatic heterocycles. The highest BCUT2D eigenvalue weighted by Crippen LogP contribution is 2.15. The number of ether oxygens (including phenoxy) is 1. The molecule has 19 heavy (non-hydrogen) atoms. The summed E-state index contributed by atoms with van der Waals surface area (Å²) < 4.78 is 5.42. The normalized spacial score (nSPS) is 13.1. The lowest BCUT2D eigenvalue weighted by Crippen LogP contribution is -2.00. The van der Waals surface area contributed by atoms with E-state index in [2.05, 4.69) is 33.1 Å². The molecule has 0 saturated carbocycles. The minimum atomic E-state index is 0.742. The fraction of sp³-hybridized carbons (Fsp3) is 0.556. The lowest BCUT2D eigenvalue weighted by Gasteiger charge is -2.11. The highest BCUT2D eigenvalue weighted by atomic mass is 16.5. The van der Waals surface area contributed by atoms with E-state index >= 15 is 0 Å². The second-order valence-corrected chi connectivity index (χ2v) is 5.66. The van der Waals surface area contributed by atoms with E-state index in [0.29, 0.717) is 0 Å². The molecule has 1 aromatic carbocycles. The van der Waals surface area contributed by atoms with Gasteiger partial charge in [0.25, 0.3) is 0 Å². The smallest absolute Gasteiger partial charge is 0.161 e. The Kier molecular flexibility index (Phi) is 8.04. The Labute approximate surface area is 118 Å². The molecule has 0 bridgehead atoms. The van der Waals surface area contributed by atoms with Crippen LogP contribution in [-0.4, -0.2) is 6.61 Å². The number of hydrogen-bond donors (Lipinski definition) is 0. The third-order valence-electron chi connectivity index (χ3n) is 3.24. The molecule has 0 aliphatic carbocycles. The van der Waals surface area contributed by atoms with Crippen molar-refractivity contribution < 1.29 is 4.74 Å². The molecule has 1 aromatic rings. The maximum atomic E-state index is 5.42. The van der Waals surface area contributed by atoms with Gasteiger partial charge in [0, 0.05) is 0 Å². The predicted molar refractivity (Wildman–Crippen MR) is 81.4 cm³/mol. The summed E-state index contributed by atoms with van der Waals surface area (Å²) in [6, 6.07) is 10.8. The molecule has 0 N–H and O–H groups in total. The van der Waals surface area contributed by atoms with E-state index in [1.54, 1.807) is 0 Å². The third kappa shape index (κ3) is 8.47. The van der Waals surface area contributed by atoms with Crippen LogP contribution in [0.1, 0.15) is 52.0 Å². The topological polar surface area (TPSA) is 9.23 Å². The van der Waals surface area contributed by atoms with Gasteiger partial charge in [0.1, 0.15) is 0 Å². The second-order valence-electron chi connectivity index (χ2n) is 5.66. The van der Waals surface area contributed by atoms with Crippen LogP contribution in [0.5, 0.6) is 0 Å². The molecule has 0 fully saturated rings. The van der Waals surface area contributed by atoms with E-state index in [9.17, 15) is 0 Å². The molecule has 1 unspecified atom stereocenters. The van der Waals surface area contributed by atoms with Crippen molar-refractivity contribution >= 4 is 6.08 Å². The van der Waals surface area contributed by atoms with Gasteiger partial charge in [-0.25, -0.2) is 0 Å². The lowest BCUT2D eigenvalue weighted by atomic mass is 9.98. The van der Waals surface area contributed by atoms with Crippen LogP contribution in [-0.2, 0) is 4.74 Å². The van der Waals surface area contributed by atoms with Gasteiger partial charge in [-0.1, -0.05) is 64.3 Å². The molecule has 1 atom stereocenters. The molecule has 0 aromatic heterocycles. The summed E-state index contributed by atoms with van der Waals surface area (Å²) in [6.45, 7) is 7.64. The van der Waals surface area contributed by atoms with Crippen LogP contribution in [0.4, 0.5) is 0 Å². The average molecular weight is 258 g/mol. The quantitative estimate of drug-likeness (QED) is 0.441. The van der Waals surface area contributed by atoms with E-state index in [-0.39, 0.29) is 0 Å². The largest absolute Gasteiger partial charge is 0.490 e. The van der Waals surface area contributed by atoms with E-state index in [0.717, 1.165) is 30.4 Å². The predicted octanol–water partition coefficient (Wildman–Crippen LogP) is 5.13. The molecule has 0 aliphatic rings. The minimum absolute atomic E-state index is 0.742. The first kappa shape index (κ1) is 15.8. The fourth-order valence-electron chi connectivity index (χ4n) is 1.94. The van der Waals surface area contributed by atoms with Crippen LogP contribution < -0.4 is 0 Å². The maximum absolute atomic E-state index is 5.42. The van der Waals surface area contributed by atoms with Crippen LogP contribution in [0.3, 0.4) is 0 Å². The van der Waals surface area contributed by atoms with Gasteiger partial charge < -0.3 is 4.74 Å². The van der Waals surface area contributed by atoms with E-state index in [4.69, 9.17) is 4.74 Å². The molecule has 0 amide bonds. The second kappa shape index (κ2) is 9.66. The standard InChI is InChI=1S/C18H26O/c1-16(2)8-7-9-17(3)12-14-19-15-13-18-10-5-4-6-11-18/h5-6,10-11,13,16-17H,7-9,12,14H2,1-3H3. The summed E-state index contributed by atoms with van der Waals surface area (Å²) in [5.41, 5.74) is 1.10. The monoisotopic (exact) mass is 258 g/mol. The summed E-state index contributed by atoms with van der Waals surface area (Å²) in [5.74, 6) is 1.56. The highest BCUT2D eigenvalue weighted by molar-refractivity contribution is 5.45. The molecule has 0 saturated heterocycles. The fourth-order valence-corrected chi connectivity index (χ4v) is 1.94. The van der Waals surface area contributed by atoms with Crippen molar-refractivity contribution in [2.24, 2.45) is 11.8 Å². The Morgan fingerprint density at radius 1 is 1.16 bits per heavy atom. The summed E-state index contributed by atoms with van der Waals surface area (Å²) in [5, 5.41) is 0. The van der Waals surface area contributed by atoms with Crippen LogP contribution in [0.15, 0.2) is 24.3 Å². The zero-order chi connectivity index (χ0) is 13.9. The maximum Gasteiger partial charge on any atom is 0.161 e. The molecule has 1 heteroatoms. The highest BCUT2D eigenvalue weighted by Gasteiger charge is 2.02. The van der Waals surface area contributed by atoms with Crippen LogP contribution in [0.2, 0.25) is 0 Å². The number of benzene rings is 1. The Morgan fingerprint density at radius 3 is 2.58 bits per heavy atom. The van der Waals surface area contributed by atoms with Crippen LogP contribution in [0.25, 0.3) is 6.08 Å². The summed E-state index contributed by atoms with van der Waals surface area (Å²) in [6.07, 6.45) is 9.85. The van der Waals surface area contributed by atoms with E-state index in [1.165, 1.54) is 19.3 Å². The van der Waals surface area contributed by atoms with Gasteiger partial charge in [-0.15, -0.1) is 0 Å². The van der Waals surface area contributed by atoms with E-state index in [1.807, 2.05) is 30.3 Å². The summed E-state index contributed by atoms with van der Waals surface area (Å²) >= 11 is 0. The van der Waals surface area contributed by atoms with Crippen molar-refractivity contribution in [2.75, 3.05) is 6.61 Å². The van der Waals surface area contributed by atoms with Gasteiger partial charge >= 0.3 is 0 Å². The van der Waals surface area contributed by atoms with Crippen molar-refractivity contribution in [3.05, 3.63) is 42.2 Å². The molecule has 2 radical (unpaired) electrons. The molecule has 1 rings (SSSR count). The lowest BCUT2D eigenvalue weighted by molar-refractivity contribution is 0.206. The van der Waals surface area contributed by atoms with Crippen molar-refractivity contribution in [2.45, 2.75) is 46.5 Å². The summed E-state index contributed by atoms with van der Waals surface area (Å²) in [7, 11) is 0. The molecule has 1 nitrogen and oxygen atoms in total. The zero-order valence-corrected chi connectivity index (χ0v) is 12.5. The van der Waals surface area contributed by atoms with Crippen molar-refractivity contribution in [3.8, 4) is 0 Å². The van der Waals surface area contributed by atoms with Crippen molar-refractivity contribution in [3.63, 3.8) is 0 Å². The Bertz CT molecular complexity index is 340. The first-order chi connectivity index (χ1) is 9.18. The molecular formula is C18H26O. The molecule has 104 valence electrons. The Hall–Kier alpha value is -1.24. The van der Waals surface area contributed by atoms with Gasteiger partial charge in [0.2, 0.25) is 0 Å². The first-order valence-corrected chi connectivity index (χ1v) is 7.35. The molecular weight excluding hydrogens is 232 g/mol. The zero-order valence-electron chi connectivity index (χ0n) is 12.5. The van der Waals surface area contributed by atoms with Gasteiger partial charge in [-0.05, 0) is 36.0 Å².